The third kappa shape index (κ3) is 4.55. The van der Waals surface area contributed by atoms with Gasteiger partial charge < -0.3 is 11.1 Å². The summed E-state index contributed by atoms with van der Waals surface area (Å²) in [5.41, 5.74) is 6.90. The SMILES string of the molecule is CCCS(=O)c1ccc(Nc2nc(N)c(C(=O)c3c(Cl)cccc3Cl)s2)cc1. The number of nitrogen functional groups attached to an aromatic ring is 1. The van der Waals surface area contributed by atoms with Gasteiger partial charge in [-0.15, -0.1) is 0 Å². The Kier molecular flexibility index (Phi) is 6.72. The summed E-state index contributed by atoms with van der Waals surface area (Å²) in [6.07, 6.45) is 0.858. The van der Waals surface area contributed by atoms with Crippen molar-refractivity contribution in [1.82, 2.24) is 4.98 Å². The number of nitrogens with one attached hydrogen (secondary N) is 1. The molecule has 0 amide bonds. The highest BCUT2D eigenvalue weighted by molar-refractivity contribution is 7.85. The number of nitrogens with two attached hydrogens (primary N) is 1. The van der Waals surface area contributed by atoms with Gasteiger partial charge in [0.1, 0.15) is 10.7 Å². The van der Waals surface area contributed by atoms with Gasteiger partial charge in [-0.3, -0.25) is 9.00 Å². The van der Waals surface area contributed by atoms with Crippen molar-refractivity contribution in [3.8, 4) is 0 Å². The predicted octanol–water partition coefficient (Wildman–Crippen LogP) is 5.52. The Morgan fingerprint density at radius 2 is 1.82 bits per heavy atom. The summed E-state index contributed by atoms with van der Waals surface area (Å²) >= 11 is 13.4. The minimum atomic E-state index is -1.00. The maximum Gasteiger partial charge on any atom is 0.209 e. The lowest BCUT2D eigenvalue weighted by atomic mass is 10.1. The summed E-state index contributed by atoms with van der Waals surface area (Å²) in [6, 6.07) is 12.1. The standard InChI is InChI=1S/C19H17Cl2N3O2S2/c1-2-10-28(26)12-8-6-11(7-9-12)23-19-24-18(22)17(27-19)16(25)15-13(20)4-3-5-14(15)21/h3-9H,2,10,22H2,1H3,(H,23,24). The van der Waals surface area contributed by atoms with Gasteiger partial charge in [-0.2, -0.15) is 0 Å². The second-order valence-corrected chi connectivity index (χ2v) is 9.24. The second kappa shape index (κ2) is 9.05. The number of thiazole rings is 1. The molecule has 9 heteroatoms. The van der Waals surface area contributed by atoms with Crippen LogP contribution in [0.15, 0.2) is 47.4 Å². The van der Waals surface area contributed by atoms with Crippen molar-refractivity contribution in [2.75, 3.05) is 16.8 Å². The van der Waals surface area contributed by atoms with Gasteiger partial charge in [0, 0.05) is 16.3 Å². The van der Waals surface area contributed by atoms with E-state index in [9.17, 15) is 9.00 Å². The summed E-state index contributed by atoms with van der Waals surface area (Å²) in [5.74, 6) is 0.365. The molecule has 1 atom stereocenters. The molecule has 28 heavy (non-hydrogen) atoms. The van der Waals surface area contributed by atoms with E-state index in [1.54, 1.807) is 30.3 Å². The minimum Gasteiger partial charge on any atom is -0.382 e. The zero-order valence-electron chi connectivity index (χ0n) is 14.9. The van der Waals surface area contributed by atoms with Crippen LogP contribution in [0.25, 0.3) is 0 Å². The van der Waals surface area contributed by atoms with E-state index in [0.29, 0.717) is 10.9 Å². The fourth-order valence-electron chi connectivity index (χ4n) is 2.49. The van der Waals surface area contributed by atoms with Gasteiger partial charge in [0.2, 0.25) is 5.78 Å². The molecule has 0 saturated carbocycles. The van der Waals surface area contributed by atoms with Gasteiger partial charge in [0.05, 0.1) is 26.4 Å². The van der Waals surface area contributed by atoms with E-state index in [-0.39, 0.29) is 32.1 Å². The maximum atomic E-state index is 12.8. The van der Waals surface area contributed by atoms with E-state index in [1.165, 1.54) is 0 Å². The molecule has 3 rings (SSSR count). The molecule has 146 valence electrons. The van der Waals surface area contributed by atoms with Crippen LogP contribution < -0.4 is 11.1 Å². The largest absolute Gasteiger partial charge is 0.382 e. The first-order valence-electron chi connectivity index (χ1n) is 8.41. The second-order valence-electron chi connectivity index (χ2n) is 5.86. The number of hydrogen-bond donors (Lipinski definition) is 2. The minimum absolute atomic E-state index is 0.106. The van der Waals surface area contributed by atoms with Crippen LogP contribution >= 0.6 is 34.5 Å². The lowest BCUT2D eigenvalue weighted by molar-refractivity contribution is 0.104. The first-order chi connectivity index (χ1) is 13.4. The Morgan fingerprint density at radius 3 is 2.43 bits per heavy atom. The number of halogens is 2. The van der Waals surface area contributed by atoms with Crippen molar-refractivity contribution >= 4 is 67.8 Å². The van der Waals surface area contributed by atoms with Gasteiger partial charge >= 0.3 is 0 Å². The van der Waals surface area contributed by atoms with E-state index in [1.807, 2.05) is 19.1 Å². The molecule has 0 saturated heterocycles. The van der Waals surface area contributed by atoms with Crippen LogP contribution in [0.4, 0.5) is 16.6 Å². The number of anilines is 3. The molecule has 0 radical (unpaired) electrons. The lowest BCUT2D eigenvalue weighted by Gasteiger charge is -2.05. The maximum absolute atomic E-state index is 12.8. The zero-order chi connectivity index (χ0) is 20.3. The fourth-order valence-corrected chi connectivity index (χ4v) is 4.96. The first kappa shape index (κ1) is 20.8. The number of benzene rings is 2. The van der Waals surface area contributed by atoms with Gasteiger partial charge in [-0.05, 0) is 42.8 Å². The zero-order valence-corrected chi connectivity index (χ0v) is 18.0. The van der Waals surface area contributed by atoms with Crippen LogP contribution in [-0.2, 0) is 10.8 Å². The molecule has 0 spiro atoms. The molecule has 1 aromatic heterocycles. The number of carbonyl (C=O) groups is 1. The van der Waals surface area contributed by atoms with Crippen LogP contribution in [0.1, 0.15) is 28.6 Å². The molecule has 0 bridgehead atoms. The van der Waals surface area contributed by atoms with Crippen molar-refractivity contribution < 1.29 is 9.00 Å². The number of rotatable bonds is 7. The van der Waals surface area contributed by atoms with Crippen LogP contribution in [0.2, 0.25) is 10.0 Å². The number of hydrogen-bond acceptors (Lipinski definition) is 6. The van der Waals surface area contributed by atoms with E-state index in [2.05, 4.69) is 10.3 Å². The van der Waals surface area contributed by atoms with Crippen LogP contribution in [0.3, 0.4) is 0 Å². The topological polar surface area (TPSA) is 85.1 Å². The van der Waals surface area contributed by atoms with Crippen molar-refractivity contribution in [3.63, 3.8) is 0 Å². The van der Waals surface area contributed by atoms with Gasteiger partial charge in [0.25, 0.3) is 0 Å². The van der Waals surface area contributed by atoms with Gasteiger partial charge in [0.15, 0.2) is 5.13 Å². The van der Waals surface area contributed by atoms with Gasteiger partial charge in [-0.25, -0.2) is 4.98 Å². The molecule has 0 fully saturated rings. The Bertz CT molecular complexity index is 1020. The molecular formula is C19H17Cl2N3O2S2. The monoisotopic (exact) mass is 453 g/mol. The van der Waals surface area contributed by atoms with E-state index in [4.69, 9.17) is 28.9 Å². The molecule has 0 aliphatic heterocycles. The Balaban J connectivity index is 1.81. The molecule has 5 nitrogen and oxygen atoms in total. The van der Waals surface area contributed by atoms with Crippen molar-refractivity contribution in [3.05, 3.63) is 63.0 Å². The molecule has 1 unspecified atom stereocenters. The number of carbonyl (C=O) groups excluding carboxylic acids is 1. The molecular weight excluding hydrogens is 437 g/mol. The summed E-state index contributed by atoms with van der Waals surface area (Å²) in [6.45, 7) is 2.00. The van der Waals surface area contributed by atoms with Crippen LogP contribution in [0.5, 0.6) is 0 Å². The summed E-state index contributed by atoms with van der Waals surface area (Å²) in [4.78, 5) is 18.1. The molecule has 0 aliphatic rings. The third-order valence-corrected chi connectivity index (χ3v) is 7.00. The van der Waals surface area contributed by atoms with Crippen molar-refractivity contribution in [2.45, 2.75) is 18.2 Å². The van der Waals surface area contributed by atoms with Crippen LogP contribution in [0, 0.1) is 0 Å². The lowest BCUT2D eigenvalue weighted by Crippen LogP contribution is -2.04. The van der Waals surface area contributed by atoms with Crippen molar-refractivity contribution in [1.29, 1.82) is 0 Å². The smallest absolute Gasteiger partial charge is 0.209 e. The van der Waals surface area contributed by atoms with Crippen LogP contribution in [-0.4, -0.2) is 20.7 Å². The summed E-state index contributed by atoms with van der Waals surface area (Å²) < 4.78 is 12.0. The Hall–Kier alpha value is -1.93. The predicted molar refractivity (Wildman–Crippen MR) is 118 cm³/mol. The first-order valence-corrected chi connectivity index (χ1v) is 11.3. The molecule has 2 aromatic carbocycles. The highest BCUT2D eigenvalue weighted by Gasteiger charge is 2.22. The number of ketones is 1. The Morgan fingerprint density at radius 1 is 1.18 bits per heavy atom. The van der Waals surface area contributed by atoms with E-state index < -0.39 is 10.8 Å². The molecule has 0 aliphatic carbocycles. The quantitative estimate of drug-likeness (QED) is 0.459. The molecule has 3 N–H and O–H groups in total. The van der Waals surface area contributed by atoms with Crippen molar-refractivity contribution in [2.24, 2.45) is 0 Å². The number of aromatic nitrogens is 1. The average Bonchev–Trinajstić information content (AvgIpc) is 3.02. The number of nitrogens with zero attached hydrogens (tertiary/aromatic N) is 1. The normalized spacial score (nSPS) is 12.0. The van der Waals surface area contributed by atoms with E-state index in [0.717, 1.165) is 28.3 Å². The fraction of sp³-hybridized carbons (Fsp3) is 0.158. The Labute approximate surface area is 179 Å². The van der Waals surface area contributed by atoms with E-state index >= 15 is 0 Å². The highest BCUT2D eigenvalue weighted by atomic mass is 35.5. The highest BCUT2D eigenvalue weighted by Crippen LogP contribution is 2.34. The average molecular weight is 454 g/mol. The molecule has 1 heterocycles. The summed E-state index contributed by atoms with van der Waals surface area (Å²) in [5, 5.41) is 4.09. The third-order valence-electron chi connectivity index (χ3n) is 3.81. The summed E-state index contributed by atoms with van der Waals surface area (Å²) in [7, 11) is -1.00. The van der Waals surface area contributed by atoms with Gasteiger partial charge in [-0.1, -0.05) is 47.5 Å². The molecule has 3 aromatic rings.